The summed E-state index contributed by atoms with van der Waals surface area (Å²) >= 11 is 0. The van der Waals surface area contributed by atoms with Crippen LogP contribution in [-0.4, -0.2) is 45.6 Å². The molecule has 0 saturated carbocycles. The zero-order valence-corrected chi connectivity index (χ0v) is 12.9. The van der Waals surface area contributed by atoms with Crippen molar-refractivity contribution in [3.05, 3.63) is 12.2 Å². The maximum Gasteiger partial charge on any atom is 0.407 e. The summed E-state index contributed by atoms with van der Waals surface area (Å²) < 4.78 is 11.7. The Hall–Kier alpha value is -2.12. The van der Waals surface area contributed by atoms with Crippen LogP contribution in [0.5, 0.6) is 0 Å². The third-order valence-corrected chi connectivity index (χ3v) is 2.32. The number of hydrogen-bond acceptors (Lipinski definition) is 6. The van der Waals surface area contributed by atoms with Crippen LogP contribution in [0.3, 0.4) is 0 Å². The molecule has 0 fully saturated rings. The first-order chi connectivity index (χ1) is 9.81. The van der Waals surface area contributed by atoms with Gasteiger partial charge in [0.25, 0.3) is 0 Å². The highest BCUT2D eigenvalue weighted by Crippen LogP contribution is 2.06. The molecule has 0 spiro atoms. The monoisotopic (exact) mass is 298 g/mol. The van der Waals surface area contributed by atoms with Gasteiger partial charge >= 0.3 is 12.1 Å². The molecule has 1 aromatic heterocycles. The van der Waals surface area contributed by atoms with Crippen LogP contribution in [0.2, 0.25) is 0 Å². The maximum atomic E-state index is 11.5. The largest absolute Gasteiger partial charge is 0.466 e. The van der Waals surface area contributed by atoms with E-state index >= 15 is 0 Å². The number of nitrogens with zero attached hydrogens (tertiary/aromatic N) is 3. The fourth-order valence-corrected chi connectivity index (χ4v) is 1.54. The van der Waals surface area contributed by atoms with Crippen LogP contribution < -0.4 is 5.32 Å². The van der Waals surface area contributed by atoms with Crippen molar-refractivity contribution in [2.24, 2.45) is 0 Å². The van der Waals surface area contributed by atoms with Crippen molar-refractivity contribution >= 4 is 12.1 Å². The molecule has 0 radical (unpaired) electrons. The molecule has 0 bridgehead atoms. The minimum absolute atomic E-state index is 0.0558. The number of carbonyl (C=O) groups is 2. The number of amides is 1. The van der Waals surface area contributed by atoms with Crippen molar-refractivity contribution < 1.29 is 19.1 Å². The molecule has 1 amide bonds. The Balaban J connectivity index is 2.41. The second-order valence-corrected chi connectivity index (χ2v) is 5.35. The van der Waals surface area contributed by atoms with Crippen molar-refractivity contribution in [3.8, 4) is 0 Å². The van der Waals surface area contributed by atoms with E-state index in [1.165, 1.54) is 6.33 Å². The first kappa shape index (κ1) is 16.9. The smallest absolute Gasteiger partial charge is 0.407 e. The number of esters is 1. The summed E-state index contributed by atoms with van der Waals surface area (Å²) in [6.45, 7) is 8.25. The Morgan fingerprint density at radius 1 is 1.38 bits per heavy atom. The van der Waals surface area contributed by atoms with Crippen LogP contribution in [0.15, 0.2) is 6.33 Å². The number of aromatic nitrogens is 3. The first-order valence-electron chi connectivity index (χ1n) is 6.81. The lowest BCUT2D eigenvalue weighted by Gasteiger charge is -2.19. The van der Waals surface area contributed by atoms with Crippen LogP contribution in [0.25, 0.3) is 0 Å². The lowest BCUT2D eigenvalue weighted by molar-refractivity contribution is -0.142. The number of alkyl carbamates (subject to hydrolysis) is 1. The molecule has 0 unspecified atom stereocenters. The van der Waals surface area contributed by atoms with E-state index in [1.54, 1.807) is 32.3 Å². The van der Waals surface area contributed by atoms with Gasteiger partial charge in [-0.25, -0.2) is 4.79 Å². The Kier molecular flexibility index (Phi) is 6.13. The molecule has 8 heteroatoms. The third kappa shape index (κ3) is 6.73. The molecule has 0 aromatic carbocycles. The lowest BCUT2D eigenvalue weighted by Crippen LogP contribution is -2.34. The molecule has 8 nitrogen and oxygen atoms in total. The molecule has 0 atom stereocenters. The van der Waals surface area contributed by atoms with Crippen LogP contribution in [0, 0.1) is 0 Å². The Morgan fingerprint density at radius 3 is 2.71 bits per heavy atom. The Labute approximate surface area is 123 Å². The predicted octanol–water partition coefficient (Wildman–Crippen LogP) is 0.908. The van der Waals surface area contributed by atoms with E-state index in [0.717, 1.165) is 0 Å². The molecular weight excluding hydrogens is 276 g/mol. The van der Waals surface area contributed by atoms with E-state index in [-0.39, 0.29) is 12.4 Å². The van der Waals surface area contributed by atoms with Gasteiger partial charge in [-0.15, -0.1) is 10.2 Å². The average molecular weight is 298 g/mol. The van der Waals surface area contributed by atoms with Crippen molar-refractivity contribution in [2.75, 3.05) is 13.2 Å². The molecule has 1 rings (SSSR count). The lowest BCUT2D eigenvalue weighted by atomic mass is 10.2. The van der Waals surface area contributed by atoms with E-state index in [4.69, 9.17) is 9.47 Å². The number of carbonyl (C=O) groups excluding carboxylic acids is 2. The molecule has 21 heavy (non-hydrogen) atoms. The molecule has 0 aliphatic rings. The van der Waals surface area contributed by atoms with E-state index in [2.05, 4.69) is 15.5 Å². The van der Waals surface area contributed by atoms with Gasteiger partial charge in [-0.1, -0.05) is 0 Å². The van der Waals surface area contributed by atoms with E-state index < -0.39 is 11.7 Å². The van der Waals surface area contributed by atoms with Gasteiger partial charge in [-0.3, -0.25) is 4.79 Å². The van der Waals surface area contributed by atoms with Crippen molar-refractivity contribution in [3.63, 3.8) is 0 Å². The van der Waals surface area contributed by atoms with Gasteiger partial charge < -0.3 is 19.4 Å². The number of hydrogen-bond donors (Lipinski definition) is 1. The second-order valence-electron chi connectivity index (χ2n) is 5.35. The highest BCUT2D eigenvalue weighted by Gasteiger charge is 2.16. The highest BCUT2D eigenvalue weighted by molar-refractivity contribution is 5.71. The quantitative estimate of drug-likeness (QED) is 0.784. The standard InChI is InChI=1S/C13H22N4O4/c1-5-20-11(18)8-10-16-15-9-17(10)7-6-14-12(19)21-13(2,3)4/h9H,5-8H2,1-4H3,(H,14,19). The summed E-state index contributed by atoms with van der Waals surface area (Å²) in [6.07, 6.45) is 1.08. The summed E-state index contributed by atoms with van der Waals surface area (Å²) in [5.74, 6) is 0.145. The molecule has 0 aliphatic heterocycles. The maximum absolute atomic E-state index is 11.5. The van der Waals surface area contributed by atoms with Crippen LogP contribution in [-0.2, 0) is 27.2 Å². The highest BCUT2D eigenvalue weighted by atomic mass is 16.6. The predicted molar refractivity (Wildman–Crippen MR) is 74.6 cm³/mol. The topological polar surface area (TPSA) is 95.3 Å². The minimum Gasteiger partial charge on any atom is -0.466 e. The molecule has 1 aromatic rings. The van der Waals surface area contributed by atoms with Gasteiger partial charge in [0.1, 0.15) is 24.2 Å². The summed E-state index contributed by atoms with van der Waals surface area (Å²) in [5, 5.41) is 10.2. The average Bonchev–Trinajstić information content (AvgIpc) is 2.74. The van der Waals surface area contributed by atoms with Crippen LogP contribution in [0.1, 0.15) is 33.5 Å². The summed E-state index contributed by atoms with van der Waals surface area (Å²) in [5.41, 5.74) is -0.532. The summed E-state index contributed by atoms with van der Waals surface area (Å²) in [7, 11) is 0. The fourth-order valence-electron chi connectivity index (χ4n) is 1.54. The summed E-state index contributed by atoms with van der Waals surface area (Å²) in [6, 6.07) is 0. The number of ether oxygens (including phenoxy) is 2. The van der Waals surface area contributed by atoms with E-state index in [1.807, 2.05) is 0 Å². The molecule has 1 N–H and O–H groups in total. The van der Waals surface area contributed by atoms with E-state index in [9.17, 15) is 9.59 Å². The summed E-state index contributed by atoms with van der Waals surface area (Å²) in [4.78, 5) is 22.9. The third-order valence-electron chi connectivity index (χ3n) is 2.32. The van der Waals surface area contributed by atoms with Crippen LogP contribution >= 0.6 is 0 Å². The zero-order chi connectivity index (χ0) is 15.9. The molecule has 118 valence electrons. The number of nitrogens with one attached hydrogen (secondary N) is 1. The second kappa shape index (κ2) is 7.61. The zero-order valence-electron chi connectivity index (χ0n) is 12.9. The van der Waals surface area contributed by atoms with Crippen molar-refractivity contribution in [1.29, 1.82) is 0 Å². The minimum atomic E-state index is -0.532. The normalized spacial score (nSPS) is 11.0. The fraction of sp³-hybridized carbons (Fsp3) is 0.692. The van der Waals surface area contributed by atoms with Crippen molar-refractivity contribution in [2.45, 2.75) is 46.3 Å². The first-order valence-corrected chi connectivity index (χ1v) is 6.81. The van der Waals surface area contributed by atoms with Gasteiger partial charge in [-0.05, 0) is 27.7 Å². The van der Waals surface area contributed by atoms with Crippen LogP contribution in [0.4, 0.5) is 4.79 Å². The molecule has 0 saturated heterocycles. The Morgan fingerprint density at radius 2 is 2.10 bits per heavy atom. The van der Waals surface area contributed by atoms with Crippen molar-refractivity contribution in [1.82, 2.24) is 20.1 Å². The van der Waals surface area contributed by atoms with Gasteiger partial charge in [0.15, 0.2) is 0 Å². The van der Waals surface area contributed by atoms with Gasteiger partial charge in [0.05, 0.1) is 6.61 Å². The Bertz CT molecular complexity index is 479. The van der Waals surface area contributed by atoms with Gasteiger partial charge in [0, 0.05) is 13.1 Å². The van der Waals surface area contributed by atoms with Gasteiger partial charge in [-0.2, -0.15) is 0 Å². The number of rotatable bonds is 6. The SMILES string of the molecule is CCOC(=O)Cc1nncn1CCNC(=O)OC(C)(C)C. The van der Waals surface area contributed by atoms with E-state index in [0.29, 0.717) is 25.5 Å². The molecule has 1 heterocycles. The molecular formula is C13H22N4O4. The van der Waals surface area contributed by atoms with Gasteiger partial charge in [0.2, 0.25) is 0 Å². The molecule has 0 aliphatic carbocycles.